The second-order valence-corrected chi connectivity index (χ2v) is 4.67. The normalized spacial score (nSPS) is 10.1. The molecule has 0 bridgehead atoms. The molecule has 0 radical (unpaired) electrons. The molecule has 2 N–H and O–H groups in total. The smallest absolute Gasteiger partial charge is 0.258 e. The molecule has 0 unspecified atom stereocenters. The van der Waals surface area contributed by atoms with Gasteiger partial charge in [-0.3, -0.25) is 4.79 Å². The van der Waals surface area contributed by atoms with E-state index in [0.29, 0.717) is 5.75 Å². The number of benzene rings is 2. The van der Waals surface area contributed by atoms with Gasteiger partial charge in [-0.1, -0.05) is 42.5 Å². The first kappa shape index (κ1) is 15.1. The van der Waals surface area contributed by atoms with Crippen LogP contribution in [0.15, 0.2) is 54.6 Å². The van der Waals surface area contributed by atoms with E-state index in [0.717, 1.165) is 6.42 Å². The predicted octanol–water partition coefficient (Wildman–Crippen LogP) is 1.76. The summed E-state index contributed by atoms with van der Waals surface area (Å²) < 4.78 is 5.38. The van der Waals surface area contributed by atoms with Crippen LogP contribution in [-0.2, 0) is 11.2 Å². The molecule has 2 rings (SSSR count). The molecule has 4 heteroatoms. The molecule has 0 aliphatic heterocycles. The van der Waals surface area contributed by atoms with Crippen molar-refractivity contribution in [2.75, 3.05) is 19.8 Å². The summed E-state index contributed by atoms with van der Waals surface area (Å²) >= 11 is 0. The highest BCUT2D eigenvalue weighted by molar-refractivity contribution is 5.77. The lowest BCUT2D eigenvalue weighted by atomic mass is 10.1. The van der Waals surface area contributed by atoms with Gasteiger partial charge in [-0.05, 0) is 29.7 Å². The molecule has 0 aliphatic carbocycles. The van der Waals surface area contributed by atoms with Crippen molar-refractivity contribution >= 4 is 5.91 Å². The number of carbonyl (C=O) groups excluding carboxylic acids is 1. The molecular formula is C17H19NO3. The third-order valence-corrected chi connectivity index (χ3v) is 2.98. The molecule has 2 aromatic carbocycles. The van der Waals surface area contributed by atoms with Gasteiger partial charge in [0.1, 0.15) is 5.75 Å². The van der Waals surface area contributed by atoms with Crippen molar-refractivity contribution in [3.8, 4) is 5.75 Å². The van der Waals surface area contributed by atoms with E-state index in [2.05, 4.69) is 17.4 Å². The van der Waals surface area contributed by atoms with Crippen LogP contribution in [0.5, 0.6) is 5.75 Å². The summed E-state index contributed by atoms with van der Waals surface area (Å²) in [7, 11) is 0. The highest BCUT2D eigenvalue weighted by atomic mass is 16.5. The number of hydrogen-bond acceptors (Lipinski definition) is 3. The number of carbonyl (C=O) groups is 1. The lowest BCUT2D eigenvalue weighted by molar-refractivity contribution is -0.123. The fourth-order valence-electron chi connectivity index (χ4n) is 1.93. The minimum absolute atomic E-state index is 0.0436. The van der Waals surface area contributed by atoms with Crippen molar-refractivity contribution in [2.45, 2.75) is 6.42 Å². The van der Waals surface area contributed by atoms with Crippen LogP contribution in [0.3, 0.4) is 0 Å². The molecule has 0 saturated heterocycles. The maximum Gasteiger partial charge on any atom is 0.258 e. The number of aliphatic hydroxyl groups excluding tert-OH is 1. The van der Waals surface area contributed by atoms with E-state index in [9.17, 15) is 4.79 Å². The highest BCUT2D eigenvalue weighted by Gasteiger charge is 2.02. The number of hydrogen-bond donors (Lipinski definition) is 2. The summed E-state index contributed by atoms with van der Waals surface area (Å²) in [6.07, 6.45) is 0.873. The van der Waals surface area contributed by atoms with Crippen molar-refractivity contribution in [3.63, 3.8) is 0 Å². The first-order valence-electron chi connectivity index (χ1n) is 6.91. The quantitative estimate of drug-likeness (QED) is 0.815. The van der Waals surface area contributed by atoms with Crippen molar-refractivity contribution in [1.29, 1.82) is 0 Å². The third kappa shape index (κ3) is 5.28. The lowest BCUT2D eigenvalue weighted by Gasteiger charge is -2.07. The van der Waals surface area contributed by atoms with E-state index >= 15 is 0 Å². The predicted molar refractivity (Wildman–Crippen MR) is 81.3 cm³/mol. The van der Waals surface area contributed by atoms with Crippen LogP contribution in [0.25, 0.3) is 0 Å². The fourth-order valence-corrected chi connectivity index (χ4v) is 1.93. The fraction of sp³-hybridized carbons (Fsp3) is 0.235. The zero-order valence-electron chi connectivity index (χ0n) is 11.8. The largest absolute Gasteiger partial charge is 0.484 e. The number of amides is 1. The van der Waals surface area contributed by atoms with Crippen molar-refractivity contribution in [1.82, 2.24) is 5.32 Å². The van der Waals surface area contributed by atoms with Gasteiger partial charge in [0.15, 0.2) is 6.61 Å². The Balaban J connectivity index is 1.83. The van der Waals surface area contributed by atoms with Gasteiger partial charge in [0, 0.05) is 6.54 Å². The Morgan fingerprint density at radius 2 is 1.67 bits per heavy atom. The Morgan fingerprint density at radius 3 is 2.33 bits per heavy atom. The summed E-state index contributed by atoms with van der Waals surface area (Å²) in [5, 5.41) is 11.1. The van der Waals surface area contributed by atoms with Crippen LogP contribution in [0, 0.1) is 0 Å². The molecule has 0 aliphatic rings. The number of rotatable bonds is 7. The molecule has 0 heterocycles. The molecule has 110 valence electrons. The summed E-state index contributed by atoms with van der Waals surface area (Å²) in [6, 6.07) is 17.9. The van der Waals surface area contributed by atoms with Crippen molar-refractivity contribution in [2.24, 2.45) is 0 Å². The zero-order valence-corrected chi connectivity index (χ0v) is 11.8. The van der Waals surface area contributed by atoms with E-state index in [1.807, 2.05) is 42.5 Å². The van der Waals surface area contributed by atoms with E-state index in [4.69, 9.17) is 9.84 Å². The van der Waals surface area contributed by atoms with Crippen molar-refractivity contribution < 1.29 is 14.6 Å². The van der Waals surface area contributed by atoms with Gasteiger partial charge in [-0.2, -0.15) is 0 Å². The van der Waals surface area contributed by atoms with Gasteiger partial charge < -0.3 is 15.2 Å². The van der Waals surface area contributed by atoms with Gasteiger partial charge >= 0.3 is 0 Å². The van der Waals surface area contributed by atoms with Crippen LogP contribution in [0.1, 0.15) is 11.1 Å². The maximum absolute atomic E-state index is 11.3. The molecule has 0 saturated carbocycles. The average molecular weight is 285 g/mol. The molecule has 1 amide bonds. The summed E-state index contributed by atoms with van der Waals surface area (Å²) in [4.78, 5) is 11.3. The maximum atomic E-state index is 11.3. The second kappa shape index (κ2) is 8.07. The Hall–Kier alpha value is -2.33. The number of ether oxygens (including phenoxy) is 1. The Bertz CT molecular complexity index is 552. The molecule has 4 nitrogen and oxygen atoms in total. The van der Waals surface area contributed by atoms with E-state index in [1.165, 1.54) is 11.1 Å². The molecule has 0 atom stereocenters. The van der Waals surface area contributed by atoms with E-state index in [-0.39, 0.29) is 25.7 Å². The first-order chi connectivity index (χ1) is 10.3. The standard InChI is InChI=1S/C17H19NO3/c19-11-10-18-17(20)13-21-16-8-6-15(7-9-16)12-14-4-2-1-3-5-14/h1-9,19H,10-13H2,(H,18,20). The van der Waals surface area contributed by atoms with Crippen LogP contribution >= 0.6 is 0 Å². The zero-order chi connectivity index (χ0) is 14.9. The topological polar surface area (TPSA) is 58.6 Å². The summed E-state index contributed by atoms with van der Waals surface area (Å²) in [5.41, 5.74) is 2.45. The van der Waals surface area contributed by atoms with Crippen LogP contribution in [0.4, 0.5) is 0 Å². The Morgan fingerprint density at radius 1 is 1.00 bits per heavy atom. The van der Waals surface area contributed by atoms with Crippen LogP contribution in [-0.4, -0.2) is 30.8 Å². The van der Waals surface area contributed by atoms with Crippen LogP contribution in [0.2, 0.25) is 0 Å². The third-order valence-electron chi connectivity index (χ3n) is 2.98. The highest BCUT2D eigenvalue weighted by Crippen LogP contribution is 2.15. The monoisotopic (exact) mass is 285 g/mol. The van der Waals surface area contributed by atoms with E-state index in [1.54, 1.807) is 0 Å². The first-order valence-corrected chi connectivity index (χ1v) is 6.91. The average Bonchev–Trinajstić information content (AvgIpc) is 2.53. The minimum atomic E-state index is -0.239. The van der Waals surface area contributed by atoms with Crippen molar-refractivity contribution in [3.05, 3.63) is 65.7 Å². The second-order valence-electron chi connectivity index (χ2n) is 4.67. The van der Waals surface area contributed by atoms with Gasteiger partial charge in [0.05, 0.1) is 6.61 Å². The number of aliphatic hydroxyl groups is 1. The Kier molecular flexibility index (Phi) is 5.79. The van der Waals surface area contributed by atoms with Crippen LogP contribution < -0.4 is 10.1 Å². The molecule has 0 spiro atoms. The molecule has 0 fully saturated rings. The van der Waals surface area contributed by atoms with Gasteiger partial charge in [0.2, 0.25) is 0 Å². The molecule has 21 heavy (non-hydrogen) atoms. The SMILES string of the molecule is O=C(COc1ccc(Cc2ccccc2)cc1)NCCO. The minimum Gasteiger partial charge on any atom is -0.484 e. The van der Waals surface area contributed by atoms with E-state index < -0.39 is 0 Å². The summed E-state index contributed by atoms with van der Waals surface area (Å²) in [5.74, 6) is 0.420. The Labute approximate surface area is 124 Å². The molecule has 2 aromatic rings. The number of nitrogens with one attached hydrogen (secondary N) is 1. The van der Waals surface area contributed by atoms with Gasteiger partial charge in [-0.15, -0.1) is 0 Å². The molecule has 0 aromatic heterocycles. The lowest BCUT2D eigenvalue weighted by Crippen LogP contribution is -2.31. The molecular weight excluding hydrogens is 266 g/mol. The summed E-state index contributed by atoms with van der Waals surface area (Å²) in [6.45, 7) is 0.135. The van der Waals surface area contributed by atoms with Gasteiger partial charge in [-0.25, -0.2) is 0 Å². The van der Waals surface area contributed by atoms with Gasteiger partial charge in [0.25, 0.3) is 5.91 Å².